The molecule has 0 bridgehead atoms. The van der Waals surface area contributed by atoms with Crippen molar-refractivity contribution in [2.75, 3.05) is 30.8 Å². The number of carbonyl (C=O) groups excluding carboxylic acids is 2. The van der Waals surface area contributed by atoms with Gasteiger partial charge in [0.2, 0.25) is 21.8 Å². The quantitative estimate of drug-likeness (QED) is 0.398. The summed E-state index contributed by atoms with van der Waals surface area (Å²) in [6.07, 6.45) is 3.42. The SMILES string of the molecule is CCCCNC(=O)[C@@H](C)N(Cc1ccc(OC)cc1)C(=O)CCCN(c1ccccc1)S(C)(=O)=O. The highest BCUT2D eigenvalue weighted by molar-refractivity contribution is 7.92. The minimum Gasteiger partial charge on any atom is -0.497 e. The van der Waals surface area contributed by atoms with Crippen LogP contribution in [0.3, 0.4) is 0 Å². The molecule has 0 unspecified atom stereocenters. The first-order valence-corrected chi connectivity index (χ1v) is 13.7. The molecule has 8 nitrogen and oxygen atoms in total. The van der Waals surface area contributed by atoms with Crippen molar-refractivity contribution in [1.29, 1.82) is 0 Å². The van der Waals surface area contributed by atoms with Gasteiger partial charge in [-0.15, -0.1) is 0 Å². The maximum Gasteiger partial charge on any atom is 0.242 e. The van der Waals surface area contributed by atoms with Gasteiger partial charge in [-0.05, 0) is 49.6 Å². The van der Waals surface area contributed by atoms with Gasteiger partial charge in [0.15, 0.2) is 0 Å². The van der Waals surface area contributed by atoms with E-state index in [-0.39, 0.29) is 31.3 Å². The Labute approximate surface area is 209 Å². The number of methoxy groups -OCH3 is 1. The fourth-order valence-corrected chi connectivity index (χ4v) is 4.61. The average molecular weight is 504 g/mol. The topological polar surface area (TPSA) is 96.0 Å². The molecular formula is C26H37N3O5S. The van der Waals surface area contributed by atoms with Crippen molar-refractivity contribution in [1.82, 2.24) is 10.2 Å². The van der Waals surface area contributed by atoms with Crippen LogP contribution in [0, 0.1) is 0 Å². The number of rotatable bonds is 14. The summed E-state index contributed by atoms with van der Waals surface area (Å²) < 4.78 is 31.2. The fraction of sp³-hybridized carbons (Fsp3) is 0.462. The van der Waals surface area contributed by atoms with Crippen molar-refractivity contribution in [3.63, 3.8) is 0 Å². The van der Waals surface area contributed by atoms with Crippen LogP contribution in [-0.2, 0) is 26.2 Å². The molecule has 0 saturated carbocycles. The summed E-state index contributed by atoms with van der Waals surface area (Å²) in [5, 5.41) is 2.90. The van der Waals surface area contributed by atoms with Crippen molar-refractivity contribution in [3.05, 3.63) is 60.2 Å². The summed E-state index contributed by atoms with van der Waals surface area (Å²) in [7, 11) is -1.92. The molecule has 2 aromatic rings. The van der Waals surface area contributed by atoms with Crippen molar-refractivity contribution >= 4 is 27.5 Å². The Morgan fingerprint density at radius 3 is 2.26 bits per heavy atom. The second kappa shape index (κ2) is 13.7. The Morgan fingerprint density at radius 1 is 1.03 bits per heavy atom. The smallest absolute Gasteiger partial charge is 0.242 e. The number of sulfonamides is 1. The second-order valence-corrected chi connectivity index (χ2v) is 10.4. The van der Waals surface area contributed by atoms with Gasteiger partial charge in [-0.25, -0.2) is 8.42 Å². The van der Waals surface area contributed by atoms with Gasteiger partial charge in [0, 0.05) is 26.1 Å². The molecule has 1 N–H and O–H groups in total. The van der Waals surface area contributed by atoms with Crippen LogP contribution in [0.1, 0.15) is 45.1 Å². The molecule has 0 aliphatic heterocycles. The molecule has 0 aliphatic rings. The normalized spacial score (nSPS) is 12.0. The second-order valence-electron chi connectivity index (χ2n) is 8.46. The van der Waals surface area contributed by atoms with Gasteiger partial charge in [-0.1, -0.05) is 43.7 Å². The Morgan fingerprint density at radius 2 is 1.69 bits per heavy atom. The first kappa shape index (κ1) is 28.2. The maximum absolute atomic E-state index is 13.3. The molecule has 2 rings (SSSR count). The van der Waals surface area contributed by atoms with Gasteiger partial charge in [0.25, 0.3) is 0 Å². The molecule has 0 saturated heterocycles. The van der Waals surface area contributed by atoms with Crippen molar-refractivity contribution in [2.45, 2.75) is 52.1 Å². The molecule has 2 aromatic carbocycles. The zero-order valence-electron chi connectivity index (χ0n) is 21.1. The predicted octanol–water partition coefficient (Wildman–Crippen LogP) is 3.58. The van der Waals surface area contributed by atoms with E-state index >= 15 is 0 Å². The highest BCUT2D eigenvalue weighted by atomic mass is 32.2. The van der Waals surface area contributed by atoms with Gasteiger partial charge in [-0.2, -0.15) is 0 Å². The number of hydrogen-bond acceptors (Lipinski definition) is 5. The third-order valence-electron chi connectivity index (χ3n) is 5.71. The Bertz CT molecular complexity index is 1040. The molecule has 1 atom stereocenters. The van der Waals surface area contributed by atoms with E-state index in [1.165, 1.54) is 4.31 Å². The van der Waals surface area contributed by atoms with Crippen LogP contribution in [0.15, 0.2) is 54.6 Å². The lowest BCUT2D eigenvalue weighted by Crippen LogP contribution is -2.47. The van der Waals surface area contributed by atoms with Gasteiger partial charge in [0.1, 0.15) is 11.8 Å². The van der Waals surface area contributed by atoms with Crippen molar-refractivity contribution in [2.24, 2.45) is 0 Å². The zero-order chi connectivity index (χ0) is 25.8. The average Bonchev–Trinajstić information content (AvgIpc) is 2.84. The van der Waals surface area contributed by atoms with E-state index in [1.54, 1.807) is 43.2 Å². The Kier molecular flexibility index (Phi) is 11.0. The summed E-state index contributed by atoms with van der Waals surface area (Å²) in [4.78, 5) is 27.6. The number of benzene rings is 2. The van der Waals surface area contributed by atoms with Crippen LogP contribution in [0.25, 0.3) is 0 Å². The van der Waals surface area contributed by atoms with Crippen LogP contribution in [0.4, 0.5) is 5.69 Å². The van der Waals surface area contributed by atoms with E-state index < -0.39 is 16.1 Å². The largest absolute Gasteiger partial charge is 0.497 e. The molecule has 0 fully saturated rings. The standard InChI is InChI=1S/C26H37N3O5S/c1-5-6-18-27-26(31)21(2)28(20-22-14-16-24(34-3)17-15-22)25(30)13-10-19-29(35(4,32)33)23-11-8-7-9-12-23/h7-9,11-12,14-17,21H,5-6,10,13,18-20H2,1-4H3,(H,27,31)/t21-/m1/s1. The highest BCUT2D eigenvalue weighted by Crippen LogP contribution is 2.19. The van der Waals surface area contributed by atoms with E-state index in [0.717, 1.165) is 24.7 Å². The van der Waals surface area contributed by atoms with Crippen LogP contribution < -0.4 is 14.4 Å². The number of nitrogens with zero attached hydrogens (tertiary/aromatic N) is 2. The number of hydrogen-bond donors (Lipinski definition) is 1. The van der Waals surface area contributed by atoms with Crippen LogP contribution in [-0.4, -0.2) is 57.6 Å². The van der Waals surface area contributed by atoms with E-state index in [4.69, 9.17) is 4.74 Å². The Hall–Kier alpha value is -3.07. The molecule has 192 valence electrons. The Balaban J connectivity index is 2.12. The lowest BCUT2D eigenvalue weighted by atomic mass is 10.1. The maximum atomic E-state index is 13.3. The monoisotopic (exact) mass is 503 g/mol. The van der Waals surface area contributed by atoms with E-state index in [9.17, 15) is 18.0 Å². The number of para-hydroxylation sites is 1. The van der Waals surface area contributed by atoms with E-state index in [0.29, 0.717) is 24.4 Å². The first-order chi connectivity index (χ1) is 16.7. The summed E-state index contributed by atoms with van der Waals surface area (Å²) in [5.41, 5.74) is 1.43. The molecular weight excluding hydrogens is 466 g/mol. The molecule has 35 heavy (non-hydrogen) atoms. The molecule has 0 aromatic heterocycles. The molecule has 9 heteroatoms. The lowest BCUT2D eigenvalue weighted by Gasteiger charge is -2.29. The molecule has 2 amide bonds. The van der Waals surface area contributed by atoms with Gasteiger partial charge >= 0.3 is 0 Å². The summed E-state index contributed by atoms with van der Waals surface area (Å²) in [6, 6.07) is 15.5. The molecule has 0 radical (unpaired) electrons. The number of amides is 2. The summed E-state index contributed by atoms with van der Waals surface area (Å²) in [6.45, 7) is 4.76. The minimum absolute atomic E-state index is 0.113. The number of anilines is 1. The van der Waals surface area contributed by atoms with E-state index in [1.807, 2.05) is 37.3 Å². The van der Waals surface area contributed by atoms with Crippen molar-refractivity contribution < 1.29 is 22.7 Å². The number of unbranched alkanes of at least 4 members (excludes halogenated alkanes) is 1. The van der Waals surface area contributed by atoms with Gasteiger partial charge in [-0.3, -0.25) is 13.9 Å². The lowest BCUT2D eigenvalue weighted by molar-refractivity contribution is -0.140. The number of carbonyl (C=O) groups is 2. The van der Waals surface area contributed by atoms with Gasteiger partial charge in [0.05, 0.1) is 19.1 Å². The van der Waals surface area contributed by atoms with Crippen LogP contribution in [0.2, 0.25) is 0 Å². The third-order valence-corrected chi connectivity index (χ3v) is 6.90. The molecule has 0 heterocycles. The van der Waals surface area contributed by atoms with Gasteiger partial charge < -0.3 is 15.0 Å². The highest BCUT2D eigenvalue weighted by Gasteiger charge is 2.26. The van der Waals surface area contributed by atoms with Crippen LogP contribution >= 0.6 is 0 Å². The molecule has 0 spiro atoms. The van der Waals surface area contributed by atoms with Crippen LogP contribution in [0.5, 0.6) is 5.75 Å². The predicted molar refractivity (Wildman–Crippen MR) is 139 cm³/mol. The molecule has 0 aliphatic carbocycles. The van der Waals surface area contributed by atoms with E-state index in [2.05, 4.69) is 5.32 Å². The minimum atomic E-state index is -3.50. The first-order valence-electron chi connectivity index (χ1n) is 11.9. The zero-order valence-corrected chi connectivity index (χ0v) is 21.9. The fourth-order valence-electron chi connectivity index (χ4n) is 3.64. The third kappa shape index (κ3) is 8.90. The summed E-state index contributed by atoms with van der Waals surface area (Å²) in [5.74, 6) is 0.293. The number of ether oxygens (including phenoxy) is 1. The summed E-state index contributed by atoms with van der Waals surface area (Å²) >= 11 is 0. The van der Waals surface area contributed by atoms with Crippen molar-refractivity contribution in [3.8, 4) is 5.75 Å². The number of nitrogens with one attached hydrogen (secondary N) is 1.